The lowest BCUT2D eigenvalue weighted by Gasteiger charge is -2.35. The molecule has 6 nitrogen and oxygen atoms in total. The van der Waals surface area contributed by atoms with Crippen LogP contribution in [0.1, 0.15) is 25.5 Å². The largest absolute Gasteiger partial charge is 0.375 e. The van der Waals surface area contributed by atoms with Gasteiger partial charge in [0.25, 0.3) is 10.2 Å². The van der Waals surface area contributed by atoms with Gasteiger partial charge in [-0.25, -0.2) is 4.72 Å². The Balaban J connectivity index is 1.98. The number of hydrogen-bond donors (Lipinski definition) is 2. The zero-order valence-electron chi connectivity index (χ0n) is 12.4. The van der Waals surface area contributed by atoms with Crippen LogP contribution in [0.25, 0.3) is 0 Å². The molecule has 1 heterocycles. The summed E-state index contributed by atoms with van der Waals surface area (Å²) >= 11 is 0. The van der Waals surface area contributed by atoms with Gasteiger partial charge in [0.15, 0.2) is 0 Å². The van der Waals surface area contributed by atoms with Crippen LogP contribution in [0, 0.1) is 0 Å². The van der Waals surface area contributed by atoms with Gasteiger partial charge in [-0.3, -0.25) is 0 Å². The minimum absolute atomic E-state index is 0.0967. The van der Waals surface area contributed by atoms with Crippen molar-refractivity contribution in [3.05, 3.63) is 35.9 Å². The molecule has 0 amide bonds. The van der Waals surface area contributed by atoms with Gasteiger partial charge in [-0.15, -0.1) is 0 Å². The Bertz CT molecular complexity index is 550. The lowest BCUT2D eigenvalue weighted by molar-refractivity contribution is -0.0175. The van der Waals surface area contributed by atoms with Crippen molar-refractivity contribution < 1.29 is 13.2 Å². The van der Waals surface area contributed by atoms with E-state index >= 15 is 0 Å². The van der Waals surface area contributed by atoms with Crippen molar-refractivity contribution in [2.45, 2.75) is 32.0 Å². The van der Waals surface area contributed by atoms with Crippen LogP contribution in [0.5, 0.6) is 0 Å². The van der Waals surface area contributed by atoms with E-state index in [9.17, 15) is 8.42 Å². The van der Waals surface area contributed by atoms with Crippen molar-refractivity contribution in [1.29, 1.82) is 0 Å². The topological polar surface area (TPSA) is 84.7 Å². The molecule has 1 fully saturated rings. The first-order valence-electron chi connectivity index (χ1n) is 7.08. The molecule has 0 bridgehead atoms. The standard InChI is InChI=1S/C14H23N3O3S/c1-11-10-20-12(2)9-17(11)21(18,19)16-8-14(15)13-6-4-3-5-7-13/h3-7,11-12,14,16H,8-10,15H2,1-2H3/t11-,12-,14-/m1/s1. The van der Waals surface area contributed by atoms with E-state index in [0.717, 1.165) is 5.56 Å². The van der Waals surface area contributed by atoms with Gasteiger partial charge in [-0.05, 0) is 19.4 Å². The summed E-state index contributed by atoms with van der Waals surface area (Å²) in [6.45, 7) is 4.64. The van der Waals surface area contributed by atoms with Crippen molar-refractivity contribution in [2.24, 2.45) is 5.73 Å². The third-order valence-electron chi connectivity index (χ3n) is 3.57. The van der Waals surface area contributed by atoms with E-state index in [2.05, 4.69) is 4.72 Å². The maximum atomic E-state index is 12.4. The zero-order valence-corrected chi connectivity index (χ0v) is 13.2. The lowest BCUT2D eigenvalue weighted by Crippen LogP contribution is -2.54. The van der Waals surface area contributed by atoms with Crippen LogP contribution in [0.4, 0.5) is 0 Å². The summed E-state index contributed by atoms with van der Waals surface area (Å²) < 4.78 is 34.3. The molecular formula is C14H23N3O3S. The van der Waals surface area contributed by atoms with Crippen LogP contribution < -0.4 is 10.5 Å². The van der Waals surface area contributed by atoms with Crippen molar-refractivity contribution in [1.82, 2.24) is 9.03 Å². The minimum atomic E-state index is -3.55. The van der Waals surface area contributed by atoms with Gasteiger partial charge in [0, 0.05) is 25.2 Å². The predicted molar refractivity (Wildman–Crippen MR) is 81.9 cm³/mol. The average molecular weight is 313 g/mol. The smallest absolute Gasteiger partial charge is 0.279 e. The Labute approximate surface area is 126 Å². The van der Waals surface area contributed by atoms with E-state index in [0.29, 0.717) is 13.2 Å². The maximum Gasteiger partial charge on any atom is 0.279 e. The van der Waals surface area contributed by atoms with Crippen molar-refractivity contribution >= 4 is 10.2 Å². The molecule has 2 rings (SSSR count). The van der Waals surface area contributed by atoms with E-state index in [1.165, 1.54) is 4.31 Å². The highest BCUT2D eigenvalue weighted by Gasteiger charge is 2.32. The van der Waals surface area contributed by atoms with E-state index in [-0.39, 0.29) is 24.7 Å². The second-order valence-corrected chi connectivity index (χ2v) is 7.14. The molecule has 1 saturated heterocycles. The number of morpholine rings is 1. The van der Waals surface area contributed by atoms with E-state index in [4.69, 9.17) is 10.5 Å². The molecule has 1 aliphatic rings. The molecule has 3 atom stereocenters. The molecule has 3 N–H and O–H groups in total. The summed E-state index contributed by atoms with van der Waals surface area (Å²) in [7, 11) is -3.55. The van der Waals surface area contributed by atoms with Gasteiger partial charge in [-0.2, -0.15) is 12.7 Å². The first-order chi connectivity index (χ1) is 9.90. The molecule has 118 valence electrons. The Kier molecular flexibility index (Phi) is 5.34. The molecule has 1 aromatic rings. The van der Waals surface area contributed by atoms with Gasteiger partial charge < -0.3 is 10.5 Å². The normalized spacial score (nSPS) is 25.7. The number of nitrogens with one attached hydrogen (secondary N) is 1. The monoisotopic (exact) mass is 313 g/mol. The molecule has 1 aliphatic heterocycles. The Hall–Kier alpha value is -0.990. The highest BCUT2D eigenvalue weighted by Crippen LogP contribution is 2.15. The summed E-state index contributed by atoms with van der Waals surface area (Å²) in [4.78, 5) is 0. The van der Waals surface area contributed by atoms with Crippen LogP contribution in [0.15, 0.2) is 30.3 Å². The second-order valence-electron chi connectivity index (χ2n) is 5.43. The third-order valence-corrected chi connectivity index (χ3v) is 5.23. The second kappa shape index (κ2) is 6.85. The van der Waals surface area contributed by atoms with Gasteiger partial charge >= 0.3 is 0 Å². The van der Waals surface area contributed by atoms with Crippen LogP contribution >= 0.6 is 0 Å². The number of nitrogens with zero attached hydrogens (tertiary/aromatic N) is 1. The Morgan fingerprint density at radius 2 is 2.05 bits per heavy atom. The zero-order chi connectivity index (χ0) is 15.5. The van der Waals surface area contributed by atoms with Gasteiger partial charge in [0.1, 0.15) is 0 Å². The summed E-state index contributed by atoms with van der Waals surface area (Å²) in [5.41, 5.74) is 6.93. The van der Waals surface area contributed by atoms with Crippen LogP contribution in [0.3, 0.4) is 0 Å². The Morgan fingerprint density at radius 3 is 2.71 bits per heavy atom. The van der Waals surface area contributed by atoms with Crippen LogP contribution in [-0.2, 0) is 14.9 Å². The predicted octanol–water partition coefficient (Wildman–Crippen LogP) is 0.630. The van der Waals surface area contributed by atoms with E-state index in [1.807, 2.05) is 44.2 Å². The number of hydrogen-bond acceptors (Lipinski definition) is 4. The number of nitrogens with two attached hydrogens (primary N) is 1. The van der Waals surface area contributed by atoms with E-state index < -0.39 is 10.2 Å². The SMILES string of the molecule is C[C@@H]1CN(S(=O)(=O)NC[C@@H](N)c2ccccc2)[C@H](C)CO1. The van der Waals surface area contributed by atoms with Crippen molar-refractivity contribution in [3.63, 3.8) is 0 Å². The highest BCUT2D eigenvalue weighted by molar-refractivity contribution is 7.87. The van der Waals surface area contributed by atoms with Crippen LogP contribution in [-0.4, -0.2) is 44.6 Å². The average Bonchev–Trinajstić information content (AvgIpc) is 2.48. The molecule has 0 radical (unpaired) electrons. The fourth-order valence-electron chi connectivity index (χ4n) is 2.30. The summed E-state index contributed by atoms with van der Waals surface area (Å²) in [6.07, 6.45) is -0.0967. The number of rotatable bonds is 5. The summed E-state index contributed by atoms with van der Waals surface area (Å²) in [6, 6.07) is 8.90. The van der Waals surface area contributed by atoms with Crippen LogP contribution in [0.2, 0.25) is 0 Å². The quantitative estimate of drug-likeness (QED) is 0.835. The molecule has 0 aliphatic carbocycles. The Morgan fingerprint density at radius 1 is 1.38 bits per heavy atom. The summed E-state index contributed by atoms with van der Waals surface area (Å²) in [5, 5.41) is 0. The van der Waals surface area contributed by atoms with Crippen molar-refractivity contribution in [2.75, 3.05) is 19.7 Å². The number of ether oxygens (including phenoxy) is 1. The molecular weight excluding hydrogens is 290 g/mol. The maximum absolute atomic E-state index is 12.4. The molecule has 1 aromatic carbocycles. The van der Waals surface area contributed by atoms with E-state index in [1.54, 1.807) is 0 Å². The molecule has 0 aromatic heterocycles. The molecule has 0 spiro atoms. The van der Waals surface area contributed by atoms with Crippen molar-refractivity contribution in [3.8, 4) is 0 Å². The minimum Gasteiger partial charge on any atom is -0.375 e. The first-order valence-corrected chi connectivity index (χ1v) is 8.52. The molecule has 21 heavy (non-hydrogen) atoms. The first kappa shape index (κ1) is 16.4. The number of benzene rings is 1. The third kappa shape index (κ3) is 4.24. The van der Waals surface area contributed by atoms with Gasteiger partial charge in [-0.1, -0.05) is 30.3 Å². The molecule has 7 heteroatoms. The molecule has 0 unspecified atom stereocenters. The fourth-order valence-corrected chi connectivity index (χ4v) is 3.80. The molecule has 0 saturated carbocycles. The summed E-state index contributed by atoms with van der Waals surface area (Å²) in [5.74, 6) is 0. The van der Waals surface area contributed by atoms with Gasteiger partial charge in [0.05, 0.1) is 12.7 Å². The lowest BCUT2D eigenvalue weighted by atomic mass is 10.1. The van der Waals surface area contributed by atoms with Gasteiger partial charge in [0.2, 0.25) is 0 Å². The highest BCUT2D eigenvalue weighted by atomic mass is 32.2. The fraction of sp³-hybridized carbons (Fsp3) is 0.571.